The van der Waals surface area contributed by atoms with Crippen LogP contribution in [0.15, 0.2) is 48.7 Å². The monoisotopic (exact) mass is 274 g/mol. The lowest BCUT2D eigenvalue weighted by Crippen LogP contribution is -2.00. The zero-order chi connectivity index (χ0) is 14.8. The van der Waals surface area contributed by atoms with Gasteiger partial charge in [0.05, 0.1) is 11.6 Å². The minimum atomic E-state index is -0.00592. The highest BCUT2D eigenvalue weighted by atomic mass is 16.1. The smallest absolute Gasteiger partial charge is 0.195 e. The second-order valence-corrected chi connectivity index (χ2v) is 4.95. The topological polar surface area (TPSA) is 56.6 Å². The second-order valence-electron chi connectivity index (χ2n) is 4.95. The van der Waals surface area contributed by atoms with Gasteiger partial charge in [0.15, 0.2) is 5.78 Å². The average molecular weight is 274 g/mol. The largest absolute Gasteiger partial charge is 0.360 e. The van der Waals surface area contributed by atoms with Crippen LogP contribution in [-0.4, -0.2) is 10.8 Å². The molecule has 1 aromatic heterocycles. The van der Waals surface area contributed by atoms with Gasteiger partial charge in [0, 0.05) is 28.2 Å². The van der Waals surface area contributed by atoms with E-state index in [1.165, 1.54) is 5.56 Å². The van der Waals surface area contributed by atoms with Gasteiger partial charge in [0.25, 0.3) is 0 Å². The van der Waals surface area contributed by atoms with Crippen LogP contribution in [0.1, 0.15) is 34.0 Å². The third kappa shape index (κ3) is 2.32. The number of fused-ring (bicyclic) bond motifs is 1. The zero-order valence-corrected chi connectivity index (χ0v) is 11.7. The van der Waals surface area contributed by atoms with Crippen LogP contribution in [0.2, 0.25) is 0 Å². The van der Waals surface area contributed by atoms with Crippen molar-refractivity contribution in [2.45, 2.75) is 13.3 Å². The molecule has 0 atom stereocenters. The number of nitriles is 1. The first-order valence-electron chi connectivity index (χ1n) is 6.88. The summed E-state index contributed by atoms with van der Waals surface area (Å²) in [6, 6.07) is 15.1. The van der Waals surface area contributed by atoms with Crippen molar-refractivity contribution >= 4 is 16.7 Å². The summed E-state index contributed by atoms with van der Waals surface area (Å²) < 4.78 is 0. The molecular weight excluding hydrogens is 260 g/mol. The Morgan fingerprint density at radius 2 is 1.95 bits per heavy atom. The molecule has 0 radical (unpaired) electrons. The van der Waals surface area contributed by atoms with Crippen LogP contribution in [0.4, 0.5) is 0 Å². The number of rotatable bonds is 3. The van der Waals surface area contributed by atoms with Crippen molar-refractivity contribution in [3.05, 3.63) is 70.9 Å². The Balaban J connectivity index is 2.03. The van der Waals surface area contributed by atoms with Gasteiger partial charge in [-0.2, -0.15) is 5.26 Å². The number of carbonyl (C=O) groups is 1. The molecule has 3 aromatic rings. The first kappa shape index (κ1) is 13.1. The quantitative estimate of drug-likeness (QED) is 0.738. The van der Waals surface area contributed by atoms with Gasteiger partial charge in [-0.3, -0.25) is 4.79 Å². The fourth-order valence-electron chi connectivity index (χ4n) is 2.43. The maximum absolute atomic E-state index is 12.6. The molecule has 3 heteroatoms. The zero-order valence-electron chi connectivity index (χ0n) is 11.7. The van der Waals surface area contributed by atoms with Crippen LogP contribution in [0.5, 0.6) is 0 Å². The molecule has 0 bridgehead atoms. The minimum absolute atomic E-state index is 0.00592. The molecule has 0 fully saturated rings. The number of aryl methyl sites for hydroxylation is 1. The van der Waals surface area contributed by atoms with E-state index in [-0.39, 0.29) is 5.78 Å². The number of benzene rings is 2. The summed E-state index contributed by atoms with van der Waals surface area (Å²) in [5, 5.41) is 9.76. The summed E-state index contributed by atoms with van der Waals surface area (Å²) in [6.45, 7) is 2.09. The van der Waals surface area contributed by atoms with Crippen LogP contribution in [-0.2, 0) is 6.42 Å². The van der Waals surface area contributed by atoms with Crippen LogP contribution >= 0.6 is 0 Å². The molecule has 0 saturated carbocycles. The van der Waals surface area contributed by atoms with Gasteiger partial charge in [-0.25, -0.2) is 0 Å². The summed E-state index contributed by atoms with van der Waals surface area (Å²) in [6.07, 6.45) is 2.67. The lowest BCUT2D eigenvalue weighted by Gasteiger charge is -2.02. The van der Waals surface area contributed by atoms with Crippen molar-refractivity contribution < 1.29 is 4.79 Å². The third-order valence-corrected chi connectivity index (χ3v) is 3.68. The maximum Gasteiger partial charge on any atom is 0.195 e. The second kappa shape index (κ2) is 5.26. The highest BCUT2D eigenvalue weighted by Gasteiger charge is 2.14. The van der Waals surface area contributed by atoms with E-state index in [9.17, 15) is 4.79 Å². The van der Waals surface area contributed by atoms with E-state index in [0.29, 0.717) is 16.7 Å². The summed E-state index contributed by atoms with van der Waals surface area (Å²) in [4.78, 5) is 15.7. The molecule has 0 saturated heterocycles. The van der Waals surface area contributed by atoms with E-state index in [0.717, 1.165) is 17.3 Å². The number of nitrogens with one attached hydrogen (secondary N) is 1. The lowest BCUT2D eigenvalue weighted by molar-refractivity contribution is 0.104. The predicted octanol–water partition coefficient (Wildman–Crippen LogP) is 3.83. The molecule has 0 aliphatic heterocycles. The molecule has 0 unspecified atom stereocenters. The first-order valence-corrected chi connectivity index (χ1v) is 6.88. The molecule has 0 spiro atoms. The van der Waals surface area contributed by atoms with E-state index in [1.807, 2.05) is 30.3 Å². The van der Waals surface area contributed by atoms with E-state index in [4.69, 9.17) is 5.26 Å². The van der Waals surface area contributed by atoms with E-state index < -0.39 is 0 Å². The van der Waals surface area contributed by atoms with Crippen molar-refractivity contribution in [1.29, 1.82) is 5.26 Å². The van der Waals surface area contributed by atoms with Gasteiger partial charge in [-0.15, -0.1) is 0 Å². The fourth-order valence-corrected chi connectivity index (χ4v) is 2.43. The molecule has 102 valence electrons. The Morgan fingerprint density at radius 3 is 2.62 bits per heavy atom. The number of ketones is 1. The van der Waals surface area contributed by atoms with E-state index >= 15 is 0 Å². The van der Waals surface area contributed by atoms with Gasteiger partial charge in [0.1, 0.15) is 0 Å². The summed E-state index contributed by atoms with van der Waals surface area (Å²) in [5.74, 6) is -0.00592. The standard InChI is InChI=1S/C18H14N2O/c1-2-12-3-6-14(7-4-12)18(21)16-11-20-17-9-13(10-19)5-8-15(16)17/h3-9,11,20H,2H2,1H3. The maximum atomic E-state index is 12.6. The van der Waals surface area contributed by atoms with Crippen LogP contribution in [0.25, 0.3) is 10.9 Å². The number of H-pyrrole nitrogens is 1. The normalized spacial score (nSPS) is 10.5. The fraction of sp³-hybridized carbons (Fsp3) is 0.111. The molecule has 3 nitrogen and oxygen atoms in total. The number of aromatic amines is 1. The van der Waals surface area contributed by atoms with Gasteiger partial charge in [-0.1, -0.05) is 37.3 Å². The van der Waals surface area contributed by atoms with E-state index in [2.05, 4.69) is 18.0 Å². The molecule has 0 aliphatic carbocycles. The third-order valence-electron chi connectivity index (χ3n) is 3.68. The van der Waals surface area contributed by atoms with Crippen molar-refractivity contribution in [2.75, 3.05) is 0 Å². The minimum Gasteiger partial charge on any atom is -0.360 e. The van der Waals surface area contributed by atoms with Gasteiger partial charge in [0.2, 0.25) is 0 Å². The number of nitrogens with zero attached hydrogens (tertiary/aromatic N) is 1. The van der Waals surface area contributed by atoms with Gasteiger partial charge in [-0.05, 0) is 24.1 Å². The molecule has 2 aromatic carbocycles. The molecule has 0 aliphatic rings. The van der Waals surface area contributed by atoms with Crippen LogP contribution in [0, 0.1) is 11.3 Å². The summed E-state index contributed by atoms with van der Waals surface area (Å²) in [5.41, 5.74) is 3.92. The first-order chi connectivity index (χ1) is 10.2. The average Bonchev–Trinajstić information content (AvgIpc) is 2.97. The van der Waals surface area contributed by atoms with Crippen LogP contribution < -0.4 is 0 Å². The lowest BCUT2D eigenvalue weighted by atomic mass is 10.0. The molecule has 21 heavy (non-hydrogen) atoms. The van der Waals surface area contributed by atoms with Gasteiger partial charge < -0.3 is 4.98 Å². The van der Waals surface area contributed by atoms with Crippen molar-refractivity contribution in [2.24, 2.45) is 0 Å². The molecular formula is C18H14N2O. The summed E-state index contributed by atoms with van der Waals surface area (Å²) in [7, 11) is 0. The Kier molecular flexibility index (Phi) is 3.29. The Morgan fingerprint density at radius 1 is 1.19 bits per heavy atom. The SMILES string of the molecule is CCc1ccc(C(=O)c2c[nH]c3cc(C#N)ccc23)cc1. The Bertz CT molecular complexity index is 851. The van der Waals surface area contributed by atoms with E-state index in [1.54, 1.807) is 18.3 Å². The Hall–Kier alpha value is -2.86. The molecule has 1 heterocycles. The molecule has 3 rings (SSSR count). The summed E-state index contributed by atoms with van der Waals surface area (Å²) >= 11 is 0. The number of hydrogen-bond donors (Lipinski definition) is 1. The predicted molar refractivity (Wildman–Crippen MR) is 82.3 cm³/mol. The highest BCUT2D eigenvalue weighted by molar-refractivity contribution is 6.16. The highest BCUT2D eigenvalue weighted by Crippen LogP contribution is 2.22. The van der Waals surface area contributed by atoms with Crippen LogP contribution in [0.3, 0.4) is 0 Å². The Labute approximate surface area is 122 Å². The van der Waals surface area contributed by atoms with Crippen molar-refractivity contribution in [1.82, 2.24) is 4.98 Å². The molecule has 1 N–H and O–H groups in total. The number of aromatic nitrogens is 1. The van der Waals surface area contributed by atoms with Gasteiger partial charge >= 0.3 is 0 Å². The van der Waals surface area contributed by atoms with Crippen molar-refractivity contribution in [3.63, 3.8) is 0 Å². The molecule has 0 amide bonds. The number of carbonyl (C=O) groups excluding carboxylic acids is 1. The number of hydrogen-bond acceptors (Lipinski definition) is 2. The van der Waals surface area contributed by atoms with Crippen molar-refractivity contribution in [3.8, 4) is 6.07 Å².